The minimum atomic E-state index is 0.0912. The van der Waals surface area contributed by atoms with Crippen LogP contribution in [0.3, 0.4) is 0 Å². The number of hydrogen-bond acceptors (Lipinski definition) is 3. The van der Waals surface area contributed by atoms with E-state index in [1.807, 2.05) is 50.2 Å². The van der Waals surface area contributed by atoms with Crippen LogP contribution in [-0.4, -0.2) is 10.1 Å². The number of para-hydroxylation sites is 1. The molecule has 3 heteroatoms. The molecule has 0 radical (unpaired) electrons. The standard InChI is InChI=1S/C15H18N2O/c1-11-6-5-7-13(17-11)10-16-12(2)14-8-3-4-9-15(14)18/h3-9,12,16,18H,10H2,1-2H3. The molecule has 0 bridgehead atoms. The first-order valence-electron chi connectivity index (χ1n) is 6.10. The summed E-state index contributed by atoms with van der Waals surface area (Å²) in [5, 5.41) is 13.1. The van der Waals surface area contributed by atoms with E-state index in [2.05, 4.69) is 10.3 Å². The van der Waals surface area contributed by atoms with Crippen molar-refractivity contribution < 1.29 is 5.11 Å². The zero-order valence-corrected chi connectivity index (χ0v) is 10.7. The largest absolute Gasteiger partial charge is 0.508 e. The molecule has 1 aromatic heterocycles. The molecule has 0 saturated carbocycles. The summed E-state index contributed by atoms with van der Waals surface area (Å²) in [6.45, 7) is 4.71. The number of aromatic nitrogens is 1. The summed E-state index contributed by atoms with van der Waals surface area (Å²) < 4.78 is 0. The highest BCUT2D eigenvalue weighted by molar-refractivity contribution is 5.34. The molecule has 0 aliphatic heterocycles. The molecule has 0 aliphatic rings. The molecule has 1 aromatic carbocycles. The van der Waals surface area contributed by atoms with Gasteiger partial charge in [0.05, 0.1) is 5.69 Å². The average molecular weight is 242 g/mol. The van der Waals surface area contributed by atoms with Gasteiger partial charge in [0, 0.05) is 23.8 Å². The second-order valence-electron chi connectivity index (χ2n) is 4.43. The SMILES string of the molecule is Cc1cccc(CNC(C)c2ccccc2O)n1. The fourth-order valence-electron chi connectivity index (χ4n) is 1.92. The van der Waals surface area contributed by atoms with Crippen molar-refractivity contribution in [3.05, 3.63) is 59.4 Å². The number of phenols is 1. The Labute approximate surface area is 108 Å². The minimum Gasteiger partial charge on any atom is -0.508 e. The Hall–Kier alpha value is -1.87. The molecule has 3 nitrogen and oxygen atoms in total. The maximum atomic E-state index is 9.77. The third-order valence-corrected chi connectivity index (χ3v) is 2.94. The van der Waals surface area contributed by atoms with Crippen LogP contribution < -0.4 is 5.32 Å². The Balaban J connectivity index is 2.00. The molecule has 0 amide bonds. The molecule has 1 unspecified atom stereocenters. The number of phenolic OH excluding ortho intramolecular Hbond substituents is 1. The molecule has 2 aromatic rings. The van der Waals surface area contributed by atoms with Crippen LogP contribution >= 0.6 is 0 Å². The normalized spacial score (nSPS) is 12.3. The monoisotopic (exact) mass is 242 g/mol. The Morgan fingerprint density at radius 2 is 1.94 bits per heavy atom. The van der Waals surface area contributed by atoms with Crippen LogP contribution in [0.1, 0.15) is 29.9 Å². The van der Waals surface area contributed by atoms with Crippen LogP contribution in [0.5, 0.6) is 5.75 Å². The summed E-state index contributed by atoms with van der Waals surface area (Å²) in [5.41, 5.74) is 2.94. The van der Waals surface area contributed by atoms with Crippen LogP contribution in [0.4, 0.5) is 0 Å². The van der Waals surface area contributed by atoms with E-state index in [0.29, 0.717) is 12.3 Å². The molecule has 1 heterocycles. The second-order valence-corrected chi connectivity index (χ2v) is 4.43. The van der Waals surface area contributed by atoms with E-state index in [4.69, 9.17) is 0 Å². The summed E-state index contributed by atoms with van der Waals surface area (Å²) in [6, 6.07) is 13.5. The van der Waals surface area contributed by atoms with Gasteiger partial charge in [0.2, 0.25) is 0 Å². The number of nitrogens with one attached hydrogen (secondary N) is 1. The van der Waals surface area contributed by atoms with E-state index in [9.17, 15) is 5.11 Å². The third-order valence-electron chi connectivity index (χ3n) is 2.94. The lowest BCUT2D eigenvalue weighted by Gasteiger charge is -2.15. The zero-order valence-electron chi connectivity index (χ0n) is 10.7. The van der Waals surface area contributed by atoms with Gasteiger partial charge >= 0.3 is 0 Å². The molecule has 0 fully saturated rings. The van der Waals surface area contributed by atoms with E-state index in [-0.39, 0.29) is 6.04 Å². The van der Waals surface area contributed by atoms with Gasteiger partial charge in [-0.25, -0.2) is 0 Å². The number of benzene rings is 1. The predicted molar refractivity (Wildman–Crippen MR) is 72.3 cm³/mol. The second kappa shape index (κ2) is 5.65. The first kappa shape index (κ1) is 12.6. The topological polar surface area (TPSA) is 45.1 Å². The highest BCUT2D eigenvalue weighted by Gasteiger charge is 2.09. The highest BCUT2D eigenvalue weighted by atomic mass is 16.3. The number of nitrogens with zero attached hydrogens (tertiary/aromatic N) is 1. The minimum absolute atomic E-state index is 0.0912. The summed E-state index contributed by atoms with van der Waals surface area (Å²) in [5.74, 6) is 0.328. The van der Waals surface area contributed by atoms with E-state index in [0.717, 1.165) is 17.0 Å². The van der Waals surface area contributed by atoms with E-state index in [1.54, 1.807) is 6.07 Å². The molecular formula is C15H18N2O. The molecule has 0 aliphatic carbocycles. The summed E-state index contributed by atoms with van der Waals surface area (Å²) in [7, 11) is 0. The average Bonchev–Trinajstić information content (AvgIpc) is 2.37. The fourth-order valence-corrected chi connectivity index (χ4v) is 1.92. The maximum Gasteiger partial charge on any atom is 0.120 e. The van der Waals surface area contributed by atoms with Crippen molar-refractivity contribution in [2.45, 2.75) is 26.4 Å². The first-order chi connectivity index (χ1) is 8.66. The highest BCUT2D eigenvalue weighted by Crippen LogP contribution is 2.23. The van der Waals surface area contributed by atoms with Crippen molar-refractivity contribution in [3.63, 3.8) is 0 Å². The number of hydrogen-bond donors (Lipinski definition) is 2. The van der Waals surface area contributed by atoms with Crippen molar-refractivity contribution in [2.75, 3.05) is 0 Å². The van der Waals surface area contributed by atoms with Crippen molar-refractivity contribution >= 4 is 0 Å². The fraction of sp³-hybridized carbons (Fsp3) is 0.267. The summed E-state index contributed by atoms with van der Waals surface area (Å²) >= 11 is 0. The lowest BCUT2D eigenvalue weighted by atomic mass is 10.1. The van der Waals surface area contributed by atoms with E-state index < -0.39 is 0 Å². The van der Waals surface area contributed by atoms with Gasteiger partial charge in [-0.05, 0) is 32.0 Å². The lowest BCUT2D eigenvalue weighted by molar-refractivity contribution is 0.451. The molecule has 18 heavy (non-hydrogen) atoms. The molecule has 2 rings (SSSR count). The first-order valence-corrected chi connectivity index (χ1v) is 6.10. The number of pyridine rings is 1. The smallest absolute Gasteiger partial charge is 0.120 e. The van der Waals surface area contributed by atoms with Crippen molar-refractivity contribution in [1.29, 1.82) is 0 Å². The van der Waals surface area contributed by atoms with E-state index >= 15 is 0 Å². The van der Waals surface area contributed by atoms with Crippen LogP contribution in [0, 0.1) is 6.92 Å². The summed E-state index contributed by atoms with van der Waals surface area (Å²) in [6.07, 6.45) is 0. The lowest BCUT2D eigenvalue weighted by Crippen LogP contribution is -2.18. The van der Waals surface area contributed by atoms with Gasteiger partial charge in [-0.2, -0.15) is 0 Å². The van der Waals surface area contributed by atoms with Crippen molar-refractivity contribution in [1.82, 2.24) is 10.3 Å². The Bertz CT molecular complexity index is 525. The predicted octanol–water partition coefficient (Wildman–Crippen LogP) is 2.95. The maximum absolute atomic E-state index is 9.77. The third kappa shape index (κ3) is 3.08. The van der Waals surface area contributed by atoms with Gasteiger partial charge in [-0.15, -0.1) is 0 Å². The molecule has 1 atom stereocenters. The van der Waals surface area contributed by atoms with Gasteiger partial charge in [-0.3, -0.25) is 4.98 Å². The van der Waals surface area contributed by atoms with Crippen molar-refractivity contribution in [3.8, 4) is 5.75 Å². The molecule has 0 saturated heterocycles. The molecule has 2 N–H and O–H groups in total. The van der Waals surface area contributed by atoms with Gasteiger partial charge in [0.1, 0.15) is 5.75 Å². The Kier molecular flexibility index (Phi) is 3.95. The van der Waals surface area contributed by atoms with Gasteiger partial charge in [0.15, 0.2) is 0 Å². The molecular weight excluding hydrogens is 224 g/mol. The van der Waals surface area contributed by atoms with Crippen LogP contribution in [0.25, 0.3) is 0 Å². The van der Waals surface area contributed by atoms with Crippen LogP contribution in [0.2, 0.25) is 0 Å². The molecule has 94 valence electrons. The number of rotatable bonds is 4. The number of aromatic hydroxyl groups is 1. The molecule has 0 spiro atoms. The zero-order chi connectivity index (χ0) is 13.0. The van der Waals surface area contributed by atoms with Gasteiger partial charge in [0.25, 0.3) is 0 Å². The van der Waals surface area contributed by atoms with E-state index in [1.165, 1.54) is 0 Å². The van der Waals surface area contributed by atoms with Crippen molar-refractivity contribution in [2.24, 2.45) is 0 Å². The quantitative estimate of drug-likeness (QED) is 0.866. The van der Waals surface area contributed by atoms with Crippen LogP contribution in [0.15, 0.2) is 42.5 Å². The van der Waals surface area contributed by atoms with Gasteiger partial charge < -0.3 is 10.4 Å². The van der Waals surface area contributed by atoms with Crippen LogP contribution in [-0.2, 0) is 6.54 Å². The summed E-state index contributed by atoms with van der Waals surface area (Å²) in [4.78, 5) is 4.44. The number of aryl methyl sites for hydroxylation is 1. The van der Waals surface area contributed by atoms with Gasteiger partial charge in [-0.1, -0.05) is 24.3 Å². The Morgan fingerprint density at radius 1 is 1.17 bits per heavy atom. The Morgan fingerprint density at radius 3 is 2.67 bits per heavy atom.